The molecule has 0 radical (unpaired) electrons. The van der Waals surface area contributed by atoms with E-state index in [2.05, 4.69) is 4.98 Å². The Balaban J connectivity index is 1.79. The van der Waals surface area contributed by atoms with Gasteiger partial charge < -0.3 is 14.6 Å². The maximum Gasteiger partial charge on any atom is 0.347 e. The van der Waals surface area contributed by atoms with Gasteiger partial charge in [-0.1, -0.05) is 12.1 Å². The van der Waals surface area contributed by atoms with Crippen LogP contribution < -0.4 is 9.47 Å². The molecule has 0 saturated carbocycles. The molecule has 1 aromatic carbocycles. The predicted molar refractivity (Wildman–Crippen MR) is 75.4 cm³/mol. The van der Waals surface area contributed by atoms with Gasteiger partial charge in [0.1, 0.15) is 23.1 Å². The van der Waals surface area contributed by atoms with E-state index in [1.165, 1.54) is 6.20 Å². The number of rotatable bonds is 3. The SMILES string of the molecule is O=C(O)c1cnc(/C=C/c2ccc3c(c2)OCCO3)s1. The molecule has 0 bridgehead atoms. The van der Waals surface area contributed by atoms with Gasteiger partial charge >= 0.3 is 5.97 Å². The Morgan fingerprint density at radius 2 is 2.05 bits per heavy atom. The van der Waals surface area contributed by atoms with E-state index in [1.807, 2.05) is 24.3 Å². The van der Waals surface area contributed by atoms with Gasteiger partial charge in [0, 0.05) is 0 Å². The molecule has 3 rings (SSSR count). The number of aromatic nitrogens is 1. The number of fused-ring (bicyclic) bond motifs is 1. The van der Waals surface area contributed by atoms with Gasteiger partial charge in [0.2, 0.25) is 0 Å². The molecule has 0 saturated heterocycles. The Labute approximate surface area is 119 Å². The lowest BCUT2D eigenvalue weighted by Crippen LogP contribution is -2.15. The van der Waals surface area contributed by atoms with Crippen molar-refractivity contribution in [2.45, 2.75) is 0 Å². The summed E-state index contributed by atoms with van der Waals surface area (Å²) in [5.74, 6) is 0.515. The zero-order valence-electron chi connectivity index (χ0n) is 10.4. The second kappa shape index (κ2) is 5.34. The lowest BCUT2D eigenvalue weighted by molar-refractivity contribution is 0.0702. The lowest BCUT2D eigenvalue weighted by atomic mass is 10.2. The van der Waals surface area contributed by atoms with Crippen LogP contribution >= 0.6 is 11.3 Å². The van der Waals surface area contributed by atoms with Crippen LogP contribution in [0.15, 0.2) is 24.4 Å². The Kier molecular flexibility index (Phi) is 3.39. The third kappa shape index (κ3) is 2.65. The van der Waals surface area contributed by atoms with Crippen molar-refractivity contribution in [2.75, 3.05) is 13.2 Å². The summed E-state index contributed by atoms with van der Waals surface area (Å²) in [6.45, 7) is 1.12. The van der Waals surface area contributed by atoms with E-state index in [4.69, 9.17) is 14.6 Å². The molecule has 1 aromatic heterocycles. The number of carboxylic acids is 1. The van der Waals surface area contributed by atoms with Gasteiger partial charge in [-0.15, -0.1) is 11.3 Å². The topological polar surface area (TPSA) is 68.7 Å². The largest absolute Gasteiger partial charge is 0.486 e. The summed E-state index contributed by atoms with van der Waals surface area (Å²) in [6.07, 6.45) is 5.00. The monoisotopic (exact) mass is 289 g/mol. The van der Waals surface area contributed by atoms with Crippen molar-refractivity contribution in [2.24, 2.45) is 0 Å². The fourth-order valence-corrected chi connectivity index (χ4v) is 2.45. The van der Waals surface area contributed by atoms with Crippen LogP contribution in [0.3, 0.4) is 0 Å². The van der Waals surface area contributed by atoms with Crippen molar-refractivity contribution in [3.05, 3.63) is 39.8 Å². The third-order valence-electron chi connectivity index (χ3n) is 2.72. The molecule has 5 nitrogen and oxygen atoms in total. The Morgan fingerprint density at radius 3 is 2.80 bits per heavy atom. The van der Waals surface area contributed by atoms with Crippen molar-refractivity contribution in [1.29, 1.82) is 0 Å². The van der Waals surface area contributed by atoms with Gasteiger partial charge in [0.25, 0.3) is 0 Å². The van der Waals surface area contributed by atoms with Gasteiger partial charge in [0.05, 0.1) is 6.20 Å². The molecule has 1 N–H and O–H groups in total. The standard InChI is InChI=1S/C14H11NO4S/c16-14(17)12-8-15-13(20-12)4-2-9-1-3-10-11(7-9)19-6-5-18-10/h1-4,7-8H,5-6H2,(H,16,17)/b4-2+. The molecule has 0 fully saturated rings. The first-order chi connectivity index (χ1) is 9.72. The molecule has 0 atom stereocenters. The van der Waals surface area contributed by atoms with Gasteiger partial charge in [-0.05, 0) is 23.8 Å². The first-order valence-electron chi connectivity index (χ1n) is 5.99. The summed E-state index contributed by atoms with van der Waals surface area (Å²) in [7, 11) is 0. The van der Waals surface area contributed by atoms with E-state index in [-0.39, 0.29) is 4.88 Å². The molecular weight excluding hydrogens is 278 g/mol. The van der Waals surface area contributed by atoms with Crippen LogP contribution in [0, 0.1) is 0 Å². The highest BCUT2D eigenvalue weighted by Gasteiger charge is 2.11. The van der Waals surface area contributed by atoms with Crippen LogP contribution in [-0.2, 0) is 0 Å². The minimum atomic E-state index is -0.957. The number of hydrogen-bond acceptors (Lipinski definition) is 5. The number of carboxylic acid groups (broad SMARTS) is 1. The zero-order chi connectivity index (χ0) is 13.9. The average Bonchev–Trinajstić information content (AvgIpc) is 2.94. The number of hydrogen-bond donors (Lipinski definition) is 1. The minimum Gasteiger partial charge on any atom is -0.486 e. The molecule has 2 aromatic rings. The number of nitrogens with zero attached hydrogens (tertiary/aromatic N) is 1. The van der Waals surface area contributed by atoms with Gasteiger partial charge in [-0.2, -0.15) is 0 Å². The first-order valence-corrected chi connectivity index (χ1v) is 6.81. The van der Waals surface area contributed by atoms with Crippen molar-refractivity contribution in [1.82, 2.24) is 4.98 Å². The summed E-state index contributed by atoms with van der Waals surface area (Å²) >= 11 is 1.14. The Hall–Kier alpha value is -2.34. The summed E-state index contributed by atoms with van der Waals surface area (Å²) in [4.78, 5) is 15.0. The van der Waals surface area contributed by atoms with E-state index < -0.39 is 5.97 Å². The second-order valence-corrected chi connectivity index (χ2v) is 5.17. The smallest absolute Gasteiger partial charge is 0.347 e. The Bertz CT molecular complexity index is 678. The molecule has 0 amide bonds. The van der Waals surface area contributed by atoms with Crippen molar-refractivity contribution in [3.8, 4) is 11.5 Å². The average molecular weight is 289 g/mol. The van der Waals surface area contributed by atoms with Gasteiger partial charge in [-0.25, -0.2) is 9.78 Å². The van der Waals surface area contributed by atoms with Crippen molar-refractivity contribution in [3.63, 3.8) is 0 Å². The fourth-order valence-electron chi connectivity index (χ4n) is 1.79. The molecule has 0 spiro atoms. The van der Waals surface area contributed by atoms with Crippen LogP contribution in [0.1, 0.15) is 20.2 Å². The highest BCUT2D eigenvalue weighted by atomic mass is 32.1. The highest BCUT2D eigenvalue weighted by molar-refractivity contribution is 7.14. The van der Waals surface area contributed by atoms with E-state index in [1.54, 1.807) is 6.08 Å². The van der Waals surface area contributed by atoms with Gasteiger partial charge in [-0.3, -0.25) is 0 Å². The van der Waals surface area contributed by atoms with Crippen LogP contribution in [0.2, 0.25) is 0 Å². The fraction of sp³-hybridized carbons (Fsp3) is 0.143. The normalized spacial score (nSPS) is 13.6. The van der Waals surface area contributed by atoms with Crippen molar-refractivity contribution < 1.29 is 19.4 Å². The van der Waals surface area contributed by atoms with Crippen molar-refractivity contribution >= 4 is 29.5 Å². The summed E-state index contributed by atoms with van der Waals surface area (Å²) < 4.78 is 10.9. The van der Waals surface area contributed by atoms with E-state index >= 15 is 0 Å². The van der Waals surface area contributed by atoms with E-state index in [9.17, 15) is 4.79 Å². The van der Waals surface area contributed by atoms with Crippen LogP contribution in [-0.4, -0.2) is 29.3 Å². The summed E-state index contributed by atoms with van der Waals surface area (Å²) in [6, 6.07) is 5.66. The third-order valence-corrected chi connectivity index (χ3v) is 3.67. The van der Waals surface area contributed by atoms with E-state index in [0.29, 0.717) is 18.2 Å². The molecule has 2 heterocycles. The number of aromatic carboxylic acids is 1. The number of thiazole rings is 1. The number of carbonyl (C=O) groups is 1. The zero-order valence-corrected chi connectivity index (χ0v) is 11.2. The lowest BCUT2D eigenvalue weighted by Gasteiger charge is -2.18. The molecule has 102 valence electrons. The first kappa shape index (κ1) is 12.7. The molecule has 20 heavy (non-hydrogen) atoms. The number of ether oxygens (including phenoxy) is 2. The molecular formula is C14H11NO4S. The second-order valence-electron chi connectivity index (χ2n) is 4.10. The minimum absolute atomic E-state index is 0.229. The molecule has 1 aliphatic heterocycles. The van der Waals surface area contributed by atoms with E-state index in [0.717, 1.165) is 28.4 Å². The molecule has 6 heteroatoms. The Morgan fingerprint density at radius 1 is 1.25 bits per heavy atom. The molecule has 0 unspecified atom stereocenters. The van der Waals surface area contributed by atoms with Gasteiger partial charge in [0.15, 0.2) is 11.5 Å². The quantitative estimate of drug-likeness (QED) is 0.941. The van der Waals surface area contributed by atoms with Crippen LogP contribution in [0.5, 0.6) is 11.5 Å². The maximum absolute atomic E-state index is 10.8. The predicted octanol–water partition coefficient (Wildman–Crippen LogP) is 2.78. The van der Waals surface area contributed by atoms with Crippen LogP contribution in [0.4, 0.5) is 0 Å². The number of benzene rings is 1. The van der Waals surface area contributed by atoms with Crippen LogP contribution in [0.25, 0.3) is 12.2 Å². The molecule has 0 aliphatic carbocycles. The molecule has 1 aliphatic rings. The maximum atomic E-state index is 10.8. The summed E-state index contributed by atoms with van der Waals surface area (Å²) in [5, 5.41) is 9.48. The highest BCUT2D eigenvalue weighted by Crippen LogP contribution is 2.31. The summed E-state index contributed by atoms with van der Waals surface area (Å²) in [5.41, 5.74) is 0.946.